The minimum atomic E-state index is -1.48. The molecule has 1 unspecified atom stereocenters. The van der Waals surface area contributed by atoms with Gasteiger partial charge < -0.3 is 15.0 Å². The van der Waals surface area contributed by atoms with Crippen molar-refractivity contribution in [3.63, 3.8) is 0 Å². The number of imide groups is 1. The number of nitro groups is 1. The van der Waals surface area contributed by atoms with Crippen molar-refractivity contribution >= 4 is 29.4 Å². The molecule has 0 radical (unpaired) electrons. The summed E-state index contributed by atoms with van der Waals surface area (Å²) in [5.41, 5.74) is -0.160. The van der Waals surface area contributed by atoms with Crippen molar-refractivity contribution in [3.05, 3.63) is 62.5 Å². The normalized spacial score (nSPS) is 17.9. The van der Waals surface area contributed by atoms with Gasteiger partial charge in [0.1, 0.15) is 11.2 Å². The van der Waals surface area contributed by atoms with Crippen molar-refractivity contribution < 1.29 is 28.8 Å². The number of nitrogens with zero attached hydrogens (tertiary/aromatic N) is 2. The van der Waals surface area contributed by atoms with Crippen molar-refractivity contribution in [1.29, 1.82) is 0 Å². The molecule has 0 spiro atoms. The number of nitro benzene ring substituents is 1. The fraction of sp³-hybridized carbons (Fsp3) is 0.333. The van der Waals surface area contributed by atoms with Gasteiger partial charge in [0, 0.05) is 23.4 Å². The molecule has 2 aromatic rings. The molecule has 1 aliphatic rings. The predicted molar refractivity (Wildman–Crippen MR) is 111 cm³/mol. The van der Waals surface area contributed by atoms with Crippen LogP contribution in [0.5, 0.6) is 0 Å². The standard InChI is InChI=1S/C21H22N4O7/c1-5-32-18(27)17-11(2)16(12(3)22-17)15(26)10-24-19(28)21(4,23-20(24)29)13-6-8-14(9-7-13)25(30)31/h6-9,22H,5,10H2,1-4H3,(H,23,29). The quantitative estimate of drug-likeness (QED) is 0.219. The van der Waals surface area contributed by atoms with Crippen LogP contribution in [0.1, 0.15) is 51.5 Å². The maximum Gasteiger partial charge on any atom is 0.355 e. The Morgan fingerprint density at radius 2 is 1.81 bits per heavy atom. The number of esters is 1. The first-order chi connectivity index (χ1) is 15.0. The maximum absolute atomic E-state index is 13.1. The first kappa shape index (κ1) is 22.7. The van der Waals surface area contributed by atoms with E-state index in [-0.39, 0.29) is 23.6 Å². The lowest BCUT2D eigenvalue weighted by atomic mass is 9.92. The minimum Gasteiger partial charge on any atom is -0.461 e. The first-order valence-corrected chi connectivity index (χ1v) is 9.79. The molecule has 11 nitrogen and oxygen atoms in total. The summed E-state index contributed by atoms with van der Waals surface area (Å²) in [6.45, 7) is 5.95. The lowest BCUT2D eigenvalue weighted by Gasteiger charge is -2.22. The Labute approximate surface area is 182 Å². The molecule has 11 heteroatoms. The molecule has 1 saturated heterocycles. The van der Waals surface area contributed by atoms with Crippen LogP contribution >= 0.6 is 0 Å². The third kappa shape index (κ3) is 3.72. The molecule has 1 fully saturated rings. The van der Waals surface area contributed by atoms with Crippen LogP contribution in [0.15, 0.2) is 24.3 Å². The molecule has 1 aromatic heterocycles. The SMILES string of the molecule is CCOC(=O)c1[nH]c(C)c(C(=O)CN2C(=O)NC(C)(c3ccc([N+](=O)[O-])cc3)C2=O)c1C. The Bertz CT molecular complexity index is 1140. The van der Waals surface area contributed by atoms with Crippen molar-refractivity contribution in [1.82, 2.24) is 15.2 Å². The zero-order chi connectivity index (χ0) is 23.8. The zero-order valence-corrected chi connectivity index (χ0v) is 18.0. The number of urea groups is 1. The van der Waals surface area contributed by atoms with E-state index in [2.05, 4.69) is 10.3 Å². The summed E-state index contributed by atoms with van der Waals surface area (Å²) >= 11 is 0. The van der Waals surface area contributed by atoms with Crippen molar-refractivity contribution in [2.75, 3.05) is 13.2 Å². The molecule has 32 heavy (non-hydrogen) atoms. The van der Waals surface area contributed by atoms with Crippen LogP contribution in [-0.4, -0.2) is 51.6 Å². The summed E-state index contributed by atoms with van der Waals surface area (Å²) in [6, 6.07) is 4.47. The summed E-state index contributed by atoms with van der Waals surface area (Å²) < 4.78 is 4.97. The maximum atomic E-state index is 13.1. The molecule has 1 aliphatic heterocycles. The lowest BCUT2D eigenvalue weighted by Crippen LogP contribution is -2.41. The fourth-order valence-electron chi connectivity index (χ4n) is 3.75. The molecule has 168 valence electrons. The summed E-state index contributed by atoms with van der Waals surface area (Å²) in [7, 11) is 0. The summed E-state index contributed by atoms with van der Waals surface area (Å²) in [4.78, 5) is 64.6. The second kappa shape index (κ2) is 8.25. The summed E-state index contributed by atoms with van der Waals surface area (Å²) in [5, 5.41) is 13.4. The summed E-state index contributed by atoms with van der Waals surface area (Å²) in [6.07, 6.45) is 0. The highest BCUT2D eigenvalue weighted by Crippen LogP contribution is 2.30. The lowest BCUT2D eigenvalue weighted by molar-refractivity contribution is -0.384. The second-order valence-corrected chi connectivity index (χ2v) is 7.52. The number of aryl methyl sites for hydroxylation is 1. The number of hydrogen-bond acceptors (Lipinski definition) is 7. The number of aromatic amines is 1. The van der Waals surface area contributed by atoms with Crippen LogP contribution in [0, 0.1) is 24.0 Å². The van der Waals surface area contributed by atoms with Crippen LogP contribution < -0.4 is 5.32 Å². The van der Waals surface area contributed by atoms with Gasteiger partial charge in [0.2, 0.25) is 0 Å². The number of carbonyl (C=O) groups is 4. The number of benzene rings is 1. The highest BCUT2D eigenvalue weighted by Gasteiger charge is 2.49. The highest BCUT2D eigenvalue weighted by molar-refractivity contribution is 6.12. The number of Topliss-reactive ketones (excluding diaryl/α,β-unsaturated/α-hetero) is 1. The Morgan fingerprint density at radius 1 is 1.19 bits per heavy atom. The Kier molecular flexibility index (Phi) is 5.84. The predicted octanol–water partition coefficient (Wildman–Crippen LogP) is 2.37. The number of ketones is 1. The number of rotatable bonds is 7. The number of hydrogen-bond donors (Lipinski definition) is 2. The van der Waals surface area contributed by atoms with Gasteiger partial charge >= 0.3 is 12.0 Å². The van der Waals surface area contributed by atoms with E-state index in [0.29, 0.717) is 16.8 Å². The molecule has 0 saturated carbocycles. The number of nitrogens with one attached hydrogen (secondary N) is 2. The van der Waals surface area contributed by atoms with Crippen LogP contribution in [0.3, 0.4) is 0 Å². The third-order valence-electron chi connectivity index (χ3n) is 5.43. The molecule has 2 heterocycles. The molecule has 0 aliphatic carbocycles. The molecule has 1 aromatic carbocycles. The summed E-state index contributed by atoms with van der Waals surface area (Å²) in [5.74, 6) is -1.79. The van der Waals surface area contributed by atoms with E-state index >= 15 is 0 Å². The number of ether oxygens (including phenoxy) is 1. The second-order valence-electron chi connectivity index (χ2n) is 7.52. The van der Waals surface area contributed by atoms with Gasteiger partial charge in [-0.3, -0.25) is 24.6 Å². The topological polar surface area (TPSA) is 152 Å². The first-order valence-electron chi connectivity index (χ1n) is 9.79. The van der Waals surface area contributed by atoms with E-state index < -0.39 is 40.7 Å². The van der Waals surface area contributed by atoms with Gasteiger partial charge in [-0.05, 0) is 51.0 Å². The van der Waals surface area contributed by atoms with E-state index in [9.17, 15) is 29.3 Å². The van der Waals surface area contributed by atoms with Gasteiger partial charge in [0.05, 0.1) is 18.1 Å². The van der Waals surface area contributed by atoms with Gasteiger partial charge in [-0.15, -0.1) is 0 Å². The average Bonchev–Trinajstić information content (AvgIpc) is 3.16. The monoisotopic (exact) mass is 442 g/mol. The minimum absolute atomic E-state index is 0.139. The van der Waals surface area contributed by atoms with Gasteiger partial charge in [-0.2, -0.15) is 0 Å². The molecule has 3 rings (SSSR count). The Balaban J connectivity index is 1.85. The number of carbonyl (C=O) groups excluding carboxylic acids is 4. The number of aromatic nitrogens is 1. The van der Waals surface area contributed by atoms with E-state index in [0.717, 1.165) is 4.90 Å². The van der Waals surface area contributed by atoms with Crippen LogP contribution in [0.2, 0.25) is 0 Å². The average molecular weight is 442 g/mol. The smallest absolute Gasteiger partial charge is 0.355 e. The van der Waals surface area contributed by atoms with Crippen molar-refractivity contribution in [2.45, 2.75) is 33.2 Å². The number of H-pyrrole nitrogens is 1. The van der Waals surface area contributed by atoms with E-state index in [1.165, 1.54) is 31.2 Å². The molecular formula is C21H22N4O7. The van der Waals surface area contributed by atoms with Crippen LogP contribution in [0.25, 0.3) is 0 Å². The number of non-ortho nitro benzene ring substituents is 1. The fourth-order valence-corrected chi connectivity index (χ4v) is 3.75. The Morgan fingerprint density at radius 3 is 2.38 bits per heavy atom. The molecular weight excluding hydrogens is 420 g/mol. The van der Waals surface area contributed by atoms with E-state index in [1.807, 2.05) is 0 Å². The molecule has 2 N–H and O–H groups in total. The highest BCUT2D eigenvalue weighted by atomic mass is 16.6. The van der Waals surface area contributed by atoms with Crippen molar-refractivity contribution in [2.24, 2.45) is 0 Å². The Hall–Kier alpha value is -4.02. The van der Waals surface area contributed by atoms with Crippen molar-refractivity contribution in [3.8, 4) is 0 Å². The van der Waals surface area contributed by atoms with E-state index in [1.54, 1.807) is 20.8 Å². The third-order valence-corrected chi connectivity index (χ3v) is 5.43. The molecule has 1 atom stereocenters. The van der Waals surface area contributed by atoms with Gasteiger partial charge in [-0.1, -0.05) is 0 Å². The van der Waals surface area contributed by atoms with E-state index in [4.69, 9.17) is 4.74 Å². The van der Waals surface area contributed by atoms with Gasteiger partial charge in [-0.25, -0.2) is 9.59 Å². The molecule has 3 amide bonds. The van der Waals surface area contributed by atoms with Gasteiger partial charge in [0.25, 0.3) is 11.6 Å². The van der Waals surface area contributed by atoms with Gasteiger partial charge in [0.15, 0.2) is 5.78 Å². The largest absolute Gasteiger partial charge is 0.461 e. The molecule has 0 bridgehead atoms. The zero-order valence-electron chi connectivity index (χ0n) is 18.0. The van der Waals surface area contributed by atoms with Crippen LogP contribution in [-0.2, 0) is 15.1 Å². The number of amides is 3. The van der Waals surface area contributed by atoms with Crippen LogP contribution in [0.4, 0.5) is 10.5 Å².